The van der Waals surface area contributed by atoms with Crippen LogP contribution in [0.5, 0.6) is 0 Å². The van der Waals surface area contributed by atoms with E-state index in [1.807, 2.05) is 18.5 Å². The third kappa shape index (κ3) is 1.94. The molecule has 1 fully saturated rings. The Labute approximate surface area is 103 Å². The average molecular weight is 250 g/mol. The van der Waals surface area contributed by atoms with Crippen molar-refractivity contribution in [2.24, 2.45) is 0 Å². The van der Waals surface area contributed by atoms with Gasteiger partial charge in [-0.05, 0) is 24.3 Å². The van der Waals surface area contributed by atoms with Crippen LogP contribution in [-0.2, 0) is 0 Å². The lowest BCUT2D eigenvalue weighted by atomic mass is 9.89. The molecule has 0 aromatic carbocycles. The summed E-state index contributed by atoms with van der Waals surface area (Å²) < 4.78 is 0. The van der Waals surface area contributed by atoms with Gasteiger partial charge in [-0.2, -0.15) is 4.98 Å². The molecule has 0 spiro atoms. The number of nitrogens with one attached hydrogen (secondary N) is 2. The SMILES string of the molecule is CNc1nc(NC2CC(O)C2)c2ccsc2n1. The van der Waals surface area contributed by atoms with Crippen LogP contribution in [0.3, 0.4) is 0 Å². The summed E-state index contributed by atoms with van der Waals surface area (Å²) in [4.78, 5) is 9.80. The van der Waals surface area contributed by atoms with Crippen LogP contribution in [0.15, 0.2) is 11.4 Å². The van der Waals surface area contributed by atoms with Gasteiger partial charge >= 0.3 is 0 Å². The van der Waals surface area contributed by atoms with Crippen molar-refractivity contribution < 1.29 is 5.11 Å². The minimum absolute atomic E-state index is 0.156. The highest BCUT2D eigenvalue weighted by Gasteiger charge is 2.27. The molecule has 3 rings (SSSR count). The third-order valence-corrected chi connectivity index (χ3v) is 3.81. The van der Waals surface area contributed by atoms with E-state index in [0.717, 1.165) is 28.9 Å². The fraction of sp³-hybridized carbons (Fsp3) is 0.455. The van der Waals surface area contributed by atoms with Gasteiger partial charge in [0.15, 0.2) is 0 Å². The zero-order valence-corrected chi connectivity index (χ0v) is 10.3. The predicted molar refractivity (Wildman–Crippen MR) is 69.6 cm³/mol. The van der Waals surface area contributed by atoms with Gasteiger partial charge < -0.3 is 15.7 Å². The number of anilines is 2. The van der Waals surface area contributed by atoms with Crippen LogP contribution in [-0.4, -0.2) is 34.3 Å². The van der Waals surface area contributed by atoms with E-state index in [-0.39, 0.29) is 6.10 Å². The quantitative estimate of drug-likeness (QED) is 0.773. The summed E-state index contributed by atoms with van der Waals surface area (Å²) >= 11 is 1.60. The largest absolute Gasteiger partial charge is 0.393 e. The predicted octanol–water partition coefficient (Wildman–Crippen LogP) is 1.67. The van der Waals surface area contributed by atoms with Crippen LogP contribution >= 0.6 is 11.3 Å². The molecule has 0 radical (unpaired) electrons. The topological polar surface area (TPSA) is 70.1 Å². The Hall–Kier alpha value is -1.40. The van der Waals surface area contributed by atoms with Gasteiger partial charge in [-0.3, -0.25) is 0 Å². The maximum Gasteiger partial charge on any atom is 0.225 e. The summed E-state index contributed by atoms with van der Waals surface area (Å²) in [6.45, 7) is 0. The minimum Gasteiger partial charge on any atom is -0.393 e. The molecule has 2 aromatic heterocycles. The molecule has 0 atom stereocenters. The van der Waals surface area contributed by atoms with E-state index >= 15 is 0 Å². The molecule has 2 heterocycles. The molecule has 5 nitrogen and oxygen atoms in total. The van der Waals surface area contributed by atoms with Gasteiger partial charge in [0.1, 0.15) is 10.6 Å². The molecule has 17 heavy (non-hydrogen) atoms. The highest BCUT2D eigenvalue weighted by molar-refractivity contribution is 7.16. The van der Waals surface area contributed by atoms with E-state index in [4.69, 9.17) is 0 Å². The van der Waals surface area contributed by atoms with Crippen LogP contribution in [0.1, 0.15) is 12.8 Å². The van der Waals surface area contributed by atoms with Crippen molar-refractivity contribution in [3.05, 3.63) is 11.4 Å². The number of hydrogen-bond donors (Lipinski definition) is 3. The Morgan fingerprint density at radius 1 is 1.41 bits per heavy atom. The fourth-order valence-electron chi connectivity index (χ4n) is 1.98. The lowest BCUT2D eigenvalue weighted by Gasteiger charge is -2.32. The monoisotopic (exact) mass is 250 g/mol. The van der Waals surface area contributed by atoms with Crippen LogP contribution in [0.25, 0.3) is 10.2 Å². The number of aliphatic hydroxyl groups is 1. The maximum absolute atomic E-state index is 9.29. The molecule has 1 aliphatic rings. The highest BCUT2D eigenvalue weighted by atomic mass is 32.1. The first-order chi connectivity index (χ1) is 8.26. The van der Waals surface area contributed by atoms with Crippen LogP contribution in [0.2, 0.25) is 0 Å². The number of aromatic nitrogens is 2. The van der Waals surface area contributed by atoms with Crippen molar-refractivity contribution >= 4 is 33.3 Å². The van der Waals surface area contributed by atoms with Crippen LogP contribution < -0.4 is 10.6 Å². The van der Waals surface area contributed by atoms with Gasteiger partial charge in [0.25, 0.3) is 0 Å². The van der Waals surface area contributed by atoms with E-state index in [0.29, 0.717) is 12.0 Å². The van der Waals surface area contributed by atoms with Crippen molar-refractivity contribution in [2.75, 3.05) is 17.7 Å². The van der Waals surface area contributed by atoms with E-state index < -0.39 is 0 Å². The zero-order chi connectivity index (χ0) is 11.8. The summed E-state index contributed by atoms with van der Waals surface area (Å²) in [6.07, 6.45) is 1.44. The maximum atomic E-state index is 9.29. The van der Waals surface area contributed by atoms with Crippen LogP contribution in [0, 0.1) is 0 Å². The Balaban J connectivity index is 1.93. The summed E-state index contributed by atoms with van der Waals surface area (Å²) in [5.41, 5.74) is 0. The Morgan fingerprint density at radius 3 is 2.94 bits per heavy atom. The van der Waals surface area contributed by atoms with Gasteiger partial charge in [-0.15, -0.1) is 11.3 Å². The molecule has 0 saturated heterocycles. The molecule has 1 aliphatic carbocycles. The molecule has 0 unspecified atom stereocenters. The summed E-state index contributed by atoms with van der Waals surface area (Å²) in [5, 5.41) is 18.7. The van der Waals surface area contributed by atoms with Gasteiger partial charge in [-0.1, -0.05) is 0 Å². The summed E-state index contributed by atoms with van der Waals surface area (Å²) in [6, 6.07) is 2.35. The van der Waals surface area contributed by atoms with Crippen molar-refractivity contribution in [3.63, 3.8) is 0 Å². The van der Waals surface area contributed by atoms with E-state index in [2.05, 4.69) is 20.6 Å². The van der Waals surface area contributed by atoms with Gasteiger partial charge in [0.2, 0.25) is 5.95 Å². The molecular weight excluding hydrogens is 236 g/mol. The highest BCUT2D eigenvalue weighted by Crippen LogP contribution is 2.30. The molecule has 90 valence electrons. The zero-order valence-electron chi connectivity index (χ0n) is 9.47. The average Bonchev–Trinajstić information content (AvgIpc) is 2.74. The lowest BCUT2D eigenvalue weighted by Crippen LogP contribution is -2.39. The van der Waals surface area contributed by atoms with Gasteiger partial charge in [0.05, 0.1) is 11.5 Å². The first kappa shape index (κ1) is 10.7. The molecule has 6 heteroatoms. The standard InChI is InChI=1S/C11H14N4OS/c1-12-11-14-9(13-6-4-7(16)5-6)8-2-3-17-10(8)15-11/h2-3,6-7,16H,4-5H2,1H3,(H2,12,13,14,15). The van der Waals surface area contributed by atoms with Gasteiger partial charge in [0, 0.05) is 13.1 Å². The molecule has 1 saturated carbocycles. The molecule has 3 N–H and O–H groups in total. The van der Waals surface area contributed by atoms with Crippen molar-refractivity contribution in [3.8, 4) is 0 Å². The smallest absolute Gasteiger partial charge is 0.225 e. The van der Waals surface area contributed by atoms with Crippen molar-refractivity contribution in [1.29, 1.82) is 0 Å². The Kier molecular flexibility index (Phi) is 2.60. The molecule has 0 amide bonds. The fourth-order valence-corrected chi connectivity index (χ4v) is 2.74. The summed E-state index contributed by atoms with van der Waals surface area (Å²) in [7, 11) is 1.81. The van der Waals surface area contributed by atoms with E-state index in [1.54, 1.807) is 11.3 Å². The van der Waals surface area contributed by atoms with E-state index in [1.165, 1.54) is 0 Å². The van der Waals surface area contributed by atoms with Gasteiger partial charge in [-0.25, -0.2) is 4.98 Å². The number of fused-ring (bicyclic) bond motifs is 1. The number of aliphatic hydroxyl groups excluding tert-OH is 1. The molecular formula is C11H14N4OS. The Bertz CT molecular complexity index is 535. The second-order valence-electron chi connectivity index (χ2n) is 4.25. The van der Waals surface area contributed by atoms with Crippen LogP contribution in [0.4, 0.5) is 11.8 Å². The first-order valence-corrected chi connectivity index (χ1v) is 6.52. The number of rotatable bonds is 3. The summed E-state index contributed by atoms with van der Waals surface area (Å²) in [5.74, 6) is 1.49. The molecule has 0 aliphatic heterocycles. The Morgan fingerprint density at radius 2 is 2.24 bits per heavy atom. The molecule has 2 aromatic rings. The second kappa shape index (κ2) is 4.12. The number of thiophene rings is 1. The number of hydrogen-bond acceptors (Lipinski definition) is 6. The lowest BCUT2D eigenvalue weighted by molar-refractivity contribution is 0.0836. The first-order valence-electron chi connectivity index (χ1n) is 5.64. The van der Waals surface area contributed by atoms with Crippen molar-refractivity contribution in [2.45, 2.75) is 25.0 Å². The van der Waals surface area contributed by atoms with E-state index in [9.17, 15) is 5.11 Å². The third-order valence-electron chi connectivity index (χ3n) is 3.00. The number of nitrogens with zero attached hydrogens (tertiary/aromatic N) is 2. The molecule has 0 bridgehead atoms. The minimum atomic E-state index is -0.156. The van der Waals surface area contributed by atoms with Crippen molar-refractivity contribution in [1.82, 2.24) is 9.97 Å². The normalized spacial score (nSPS) is 23.4. The second-order valence-corrected chi connectivity index (χ2v) is 5.15.